The van der Waals surface area contributed by atoms with Crippen molar-refractivity contribution in [1.82, 2.24) is 15.2 Å². The van der Waals surface area contributed by atoms with Crippen LogP contribution >= 0.6 is 0 Å². The van der Waals surface area contributed by atoms with Gasteiger partial charge in [0.2, 0.25) is 5.91 Å². The number of nitrogens with zero attached hydrogens (tertiary/aromatic N) is 2. The second-order valence-corrected chi connectivity index (χ2v) is 3.91. The predicted octanol–water partition coefficient (Wildman–Crippen LogP) is 0.897. The summed E-state index contributed by atoms with van der Waals surface area (Å²) in [5.74, 6) is 1.54. The lowest BCUT2D eigenvalue weighted by atomic mass is 10.1. The Kier molecular flexibility index (Phi) is 3.76. The van der Waals surface area contributed by atoms with E-state index in [1.54, 1.807) is 25.3 Å². The SMILES string of the molecule is COc1ccc(NC(C)=O)cc1-c1n[nH]c(CN)n1. The molecular weight excluding hydrogens is 246 g/mol. The standard InChI is InChI=1S/C12H15N5O2/c1-7(18)14-8-3-4-10(19-2)9(5-8)12-15-11(6-13)16-17-12/h3-5H,6,13H2,1-2H3,(H,14,18)(H,15,16,17). The first-order chi connectivity index (χ1) is 9.13. The lowest BCUT2D eigenvalue weighted by Crippen LogP contribution is -2.06. The number of nitrogens with two attached hydrogens (primary N) is 1. The predicted molar refractivity (Wildman–Crippen MR) is 70.6 cm³/mol. The summed E-state index contributed by atoms with van der Waals surface area (Å²) >= 11 is 0. The summed E-state index contributed by atoms with van der Waals surface area (Å²) in [5, 5.41) is 9.52. The zero-order valence-electron chi connectivity index (χ0n) is 10.7. The molecule has 0 aliphatic rings. The molecule has 1 heterocycles. The molecule has 0 aliphatic heterocycles. The van der Waals surface area contributed by atoms with Gasteiger partial charge in [0.15, 0.2) is 5.82 Å². The zero-order valence-corrected chi connectivity index (χ0v) is 10.7. The summed E-state index contributed by atoms with van der Waals surface area (Å²) in [7, 11) is 1.56. The molecule has 0 radical (unpaired) electrons. The Bertz CT molecular complexity index is 594. The molecule has 1 aromatic carbocycles. The normalized spacial score (nSPS) is 10.3. The highest BCUT2D eigenvalue weighted by Crippen LogP contribution is 2.30. The van der Waals surface area contributed by atoms with Crippen molar-refractivity contribution < 1.29 is 9.53 Å². The van der Waals surface area contributed by atoms with Crippen LogP contribution in [0.3, 0.4) is 0 Å². The van der Waals surface area contributed by atoms with Crippen LogP contribution in [0.15, 0.2) is 18.2 Å². The molecule has 0 spiro atoms. The monoisotopic (exact) mass is 261 g/mol. The molecule has 0 saturated carbocycles. The van der Waals surface area contributed by atoms with Crippen molar-refractivity contribution in [3.05, 3.63) is 24.0 Å². The number of nitrogens with one attached hydrogen (secondary N) is 2. The Morgan fingerprint density at radius 3 is 2.89 bits per heavy atom. The molecule has 4 N–H and O–H groups in total. The highest BCUT2D eigenvalue weighted by Gasteiger charge is 2.12. The van der Waals surface area contributed by atoms with E-state index in [4.69, 9.17) is 10.5 Å². The largest absolute Gasteiger partial charge is 0.496 e. The fraction of sp³-hybridized carbons (Fsp3) is 0.250. The van der Waals surface area contributed by atoms with E-state index in [1.807, 2.05) is 0 Å². The minimum absolute atomic E-state index is 0.145. The van der Waals surface area contributed by atoms with Gasteiger partial charge in [-0.05, 0) is 18.2 Å². The van der Waals surface area contributed by atoms with Crippen LogP contribution < -0.4 is 15.8 Å². The van der Waals surface area contributed by atoms with E-state index in [-0.39, 0.29) is 12.5 Å². The number of amides is 1. The Labute approximate surface area is 110 Å². The molecule has 0 fully saturated rings. The Morgan fingerprint density at radius 1 is 1.53 bits per heavy atom. The molecule has 2 rings (SSSR count). The summed E-state index contributed by atoms with van der Waals surface area (Å²) in [6, 6.07) is 5.25. The Hall–Kier alpha value is -2.41. The van der Waals surface area contributed by atoms with Gasteiger partial charge in [0, 0.05) is 12.6 Å². The second kappa shape index (κ2) is 5.49. The summed E-state index contributed by atoms with van der Waals surface area (Å²) in [5.41, 5.74) is 6.83. The van der Waals surface area contributed by atoms with Crippen LogP contribution in [0.1, 0.15) is 12.7 Å². The van der Waals surface area contributed by atoms with Gasteiger partial charge >= 0.3 is 0 Å². The number of aromatic nitrogens is 3. The minimum atomic E-state index is -0.145. The number of rotatable bonds is 4. The lowest BCUT2D eigenvalue weighted by molar-refractivity contribution is -0.114. The smallest absolute Gasteiger partial charge is 0.221 e. The average molecular weight is 261 g/mol. The van der Waals surface area contributed by atoms with Gasteiger partial charge in [-0.2, -0.15) is 5.10 Å². The number of anilines is 1. The molecule has 1 aromatic heterocycles. The molecule has 0 aliphatic carbocycles. The molecule has 1 amide bonds. The van der Waals surface area contributed by atoms with Crippen molar-refractivity contribution in [1.29, 1.82) is 0 Å². The zero-order chi connectivity index (χ0) is 13.8. The number of benzene rings is 1. The molecule has 0 unspecified atom stereocenters. The lowest BCUT2D eigenvalue weighted by Gasteiger charge is -2.08. The minimum Gasteiger partial charge on any atom is -0.496 e. The van der Waals surface area contributed by atoms with Crippen molar-refractivity contribution in [2.45, 2.75) is 13.5 Å². The van der Waals surface area contributed by atoms with Crippen LogP contribution in [-0.2, 0) is 11.3 Å². The van der Waals surface area contributed by atoms with E-state index >= 15 is 0 Å². The third-order valence-corrected chi connectivity index (χ3v) is 2.49. The average Bonchev–Trinajstić information content (AvgIpc) is 2.86. The van der Waals surface area contributed by atoms with E-state index < -0.39 is 0 Å². The number of hydrogen-bond acceptors (Lipinski definition) is 5. The summed E-state index contributed by atoms with van der Waals surface area (Å²) in [6.45, 7) is 1.73. The maximum atomic E-state index is 11.1. The summed E-state index contributed by atoms with van der Waals surface area (Å²) in [4.78, 5) is 15.3. The third-order valence-electron chi connectivity index (χ3n) is 2.49. The molecule has 0 saturated heterocycles. The van der Waals surface area contributed by atoms with E-state index in [2.05, 4.69) is 20.5 Å². The van der Waals surface area contributed by atoms with Gasteiger partial charge in [-0.15, -0.1) is 0 Å². The number of aromatic amines is 1. The highest BCUT2D eigenvalue weighted by atomic mass is 16.5. The molecular formula is C12H15N5O2. The van der Waals surface area contributed by atoms with Crippen LogP contribution in [0.4, 0.5) is 5.69 Å². The number of methoxy groups -OCH3 is 1. The van der Waals surface area contributed by atoms with Gasteiger partial charge in [0.05, 0.1) is 19.2 Å². The van der Waals surface area contributed by atoms with Crippen molar-refractivity contribution in [3.63, 3.8) is 0 Å². The fourth-order valence-corrected chi connectivity index (χ4v) is 1.67. The molecule has 100 valence electrons. The van der Waals surface area contributed by atoms with Crippen molar-refractivity contribution in [2.24, 2.45) is 5.73 Å². The topological polar surface area (TPSA) is 106 Å². The van der Waals surface area contributed by atoms with Crippen LogP contribution in [0.2, 0.25) is 0 Å². The number of H-pyrrole nitrogens is 1. The van der Waals surface area contributed by atoms with Crippen LogP contribution in [0, 0.1) is 0 Å². The Balaban J connectivity index is 2.43. The van der Waals surface area contributed by atoms with Crippen LogP contribution in [-0.4, -0.2) is 28.2 Å². The van der Waals surface area contributed by atoms with E-state index in [1.165, 1.54) is 6.92 Å². The van der Waals surface area contributed by atoms with Gasteiger partial charge in [-0.1, -0.05) is 0 Å². The van der Waals surface area contributed by atoms with E-state index in [9.17, 15) is 4.79 Å². The van der Waals surface area contributed by atoms with Crippen LogP contribution in [0.5, 0.6) is 5.75 Å². The number of carbonyl (C=O) groups is 1. The molecule has 19 heavy (non-hydrogen) atoms. The van der Waals surface area contributed by atoms with Crippen molar-refractivity contribution >= 4 is 11.6 Å². The maximum absolute atomic E-state index is 11.1. The van der Waals surface area contributed by atoms with Crippen molar-refractivity contribution in [2.75, 3.05) is 12.4 Å². The first-order valence-electron chi connectivity index (χ1n) is 5.71. The fourth-order valence-electron chi connectivity index (χ4n) is 1.67. The summed E-state index contributed by atoms with van der Waals surface area (Å²) in [6.07, 6.45) is 0. The van der Waals surface area contributed by atoms with Gasteiger partial charge in [-0.3, -0.25) is 9.89 Å². The molecule has 0 bridgehead atoms. The number of hydrogen-bond donors (Lipinski definition) is 3. The number of ether oxygens (including phenoxy) is 1. The van der Waals surface area contributed by atoms with E-state index in [0.717, 1.165) is 0 Å². The van der Waals surface area contributed by atoms with Gasteiger partial charge in [0.1, 0.15) is 11.6 Å². The van der Waals surface area contributed by atoms with Crippen molar-refractivity contribution in [3.8, 4) is 17.1 Å². The van der Waals surface area contributed by atoms with E-state index in [0.29, 0.717) is 28.6 Å². The molecule has 2 aromatic rings. The molecule has 7 nitrogen and oxygen atoms in total. The quantitative estimate of drug-likeness (QED) is 0.758. The van der Waals surface area contributed by atoms with Gasteiger partial charge in [-0.25, -0.2) is 4.98 Å². The Morgan fingerprint density at radius 2 is 2.32 bits per heavy atom. The van der Waals surface area contributed by atoms with Gasteiger partial charge in [0.25, 0.3) is 0 Å². The maximum Gasteiger partial charge on any atom is 0.221 e. The molecule has 7 heteroatoms. The van der Waals surface area contributed by atoms with Crippen LogP contribution in [0.25, 0.3) is 11.4 Å². The second-order valence-electron chi connectivity index (χ2n) is 3.91. The highest BCUT2D eigenvalue weighted by molar-refractivity contribution is 5.89. The summed E-state index contributed by atoms with van der Waals surface area (Å²) < 4.78 is 5.26. The molecule has 0 atom stereocenters. The van der Waals surface area contributed by atoms with Gasteiger partial charge < -0.3 is 15.8 Å². The third kappa shape index (κ3) is 2.89. The first-order valence-corrected chi connectivity index (χ1v) is 5.71. The first kappa shape index (κ1) is 13.0. The number of carbonyl (C=O) groups excluding carboxylic acids is 1.